The van der Waals surface area contributed by atoms with E-state index in [0.29, 0.717) is 5.56 Å². The van der Waals surface area contributed by atoms with Gasteiger partial charge in [0.25, 0.3) is 0 Å². The molecule has 3 nitrogen and oxygen atoms in total. The number of ether oxygens (including phenoxy) is 1. The van der Waals surface area contributed by atoms with Gasteiger partial charge in [0, 0.05) is 0 Å². The normalized spacial score (nSPS) is 10.3. The minimum absolute atomic E-state index is 0.0644. The number of esters is 1. The van der Waals surface area contributed by atoms with Crippen molar-refractivity contribution < 1.29 is 14.6 Å². The van der Waals surface area contributed by atoms with Crippen LogP contribution in [0.25, 0.3) is 11.1 Å². The topological polar surface area (TPSA) is 46.5 Å². The molecule has 0 bridgehead atoms. The third kappa shape index (κ3) is 2.51. The highest BCUT2D eigenvalue weighted by atomic mass is 16.5. The Morgan fingerprint density at radius 2 is 1.89 bits per heavy atom. The molecule has 19 heavy (non-hydrogen) atoms. The molecule has 1 N–H and O–H groups in total. The first-order chi connectivity index (χ1) is 9.19. The van der Waals surface area contributed by atoms with Crippen LogP contribution in [-0.4, -0.2) is 18.2 Å². The van der Waals surface area contributed by atoms with Crippen LogP contribution in [0.2, 0.25) is 0 Å². The third-order valence-corrected chi connectivity index (χ3v) is 3.14. The first-order valence-corrected chi connectivity index (χ1v) is 6.06. The van der Waals surface area contributed by atoms with Crippen LogP contribution in [0.3, 0.4) is 0 Å². The summed E-state index contributed by atoms with van der Waals surface area (Å²) in [6.45, 7) is 1.88. The Bertz CT molecular complexity index is 603. The molecule has 0 heterocycles. The Balaban J connectivity index is 2.70. The summed E-state index contributed by atoms with van der Waals surface area (Å²) in [6.07, 6.45) is 0. The number of carbonyl (C=O) groups excluding carboxylic acids is 1. The van der Waals surface area contributed by atoms with Crippen LogP contribution < -0.4 is 0 Å². The SMILES string of the molecule is COC(=O)c1cccc(C)c1-c1ccccc1CO. The van der Waals surface area contributed by atoms with Crippen LogP contribution in [-0.2, 0) is 11.3 Å². The van der Waals surface area contributed by atoms with Gasteiger partial charge in [-0.15, -0.1) is 0 Å². The quantitative estimate of drug-likeness (QED) is 0.859. The van der Waals surface area contributed by atoms with Gasteiger partial charge in [0.15, 0.2) is 0 Å². The summed E-state index contributed by atoms with van der Waals surface area (Å²) in [4.78, 5) is 11.9. The van der Waals surface area contributed by atoms with E-state index in [9.17, 15) is 9.90 Å². The van der Waals surface area contributed by atoms with Gasteiger partial charge in [-0.1, -0.05) is 36.4 Å². The summed E-state index contributed by atoms with van der Waals surface area (Å²) in [5, 5.41) is 9.44. The van der Waals surface area contributed by atoms with E-state index in [1.54, 1.807) is 6.07 Å². The van der Waals surface area contributed by atoms with Crippen molar-refractivity contribution in [3.8, 4) is 11.1 Å². The zero-order valence-corrected chi connectivity index (χ0v) is 11.0. The summed E-state index contributed by atoms with van der Waals surface area (Å²) >= 11 is 0. The van der Waals surface area contributed by atoms with Crippen LogP contribution >= 0.6 is 0 Å². The van der Waals surface area contributed by atoms with Crippen molar-refractivity contribution in [2.45, 2.75) is 13.5 Å². The lowest BCUT2D eigenvalue weighted by Gasteiger charge is -2.14. The van der Waals surface area contributed by atoms with Gasteiger partial charge in [0.05, 0.1) is 19.3 Å². The Hall–Kier alpha value is -2.13. The molecule has 0 aromatic heterocycles. The average Bonchev–Trinajstić information content (AvgIpc) is 2.46. The van der Waals surface area contributed by atoms with Crippen molar-refractivity contribution in [2.75, 3.05) is 7.11 Å². The lowest BCUT2D eigenvalue weighted by molar-refractivity contribution is 0.0601. The van der Waals surface area contributed by atoms with E-state index in [1.165, 1.54) is 7.11 Å². The maximum atomic E-state index is 11.9. The molecule has 2 aromatic rings. The molecule has 2 rings (SSSR count). The fraction of sp³-hybridized carbons (Fsp3) is 0.188. The van der Waals surface area contributed by atoms with Crippen molar-refractivity contribution in [2.24, 2.45) is 0 Å². The maximum absolute atomic E-state index is 11.9. The smallest absolute Gasteiger partial charge is 0.338 e. The zero-order chi connectivity index (χ0) is 13.8. The summed E-state index contributed by atoms with van der Waals surface area (Å²) < 4.78 is 4.83. The fourth-order valence-electron chi connectivity index (χ4n) is 2.21. The molecule has 0 aliphatic heterocycles. The predicted molar refractivity (Wildman–Crippen MR) is 73.9 cm³/mol. The van der Waals surface area contributed by atoms with Gasteiger partial charge in [-0.05, 0) is 35.2 Å². The highest BCUT2D eigenvalue weighted by Crippen LogP contribution is 2.30. The van der Waals surface area contributed by atoms with Crippen LogP contribution in [0.15, 0.2) is 42.5 Å². The molecule has 2 aromatic carbocycles. The molecule has 3 heteroatoms. The highest BCUT2D eigenvalue weighted by molar-refractivity contribution is 5.98. The van der Waals surface area contributed by atoms with Crippen LogP contribution in [0, 0.1) is 6.92 Å². The number of carbonyl (C=O) groups is 1. The second-order valence-corrected chi connectivity index (χ2v) is 4.30. The molecule has 98 valence electrons. The zero-order valence-electron chi connectivity index (χ0n) is 11.0. The van der Waals surface area contributed by atoms with E-state index < -0.39 is 0 Å². The molecule has 0 saturated heterocycles. The number of hydrogen-bond donors (Lipinski definition) is 1. The standard InChI is InChI=1S/C16H16O3/c1-11-6-5-9-14(16(18)19-2)15(11)13-8-4-3-7-12(13)10-17/h3-9,17H,10H2,1-2H3. The number of rotatable bonds is 3. The van der Waals surface area contributed by atoms with Crippen molar-refractivity contribution in [1.82, 2.24) is 0 Å². The van der Waals surface area contributed by atoms with Crippen molar-refractivity contribution >= 4 is 5.97 Å². The monoisotopic (exact) mass is 256 g/mol. The predicted octanol–water partition coefficient (Wildman–Crippen LogP) is 2.94. The molecule has 0 atom stereocenters. The first kappa shape index (κ1) is 13.3. The van der Waals surface area contributed by atoms with Gasteiger partial charge < -0.3 is 9.84 Å². The molecule has 0 aliphatic rings. The summed E-state index contributed by atoms with van der Waals surface area (Å²) in [5.74, 6) is -0.369. The van der Waals surface area contributed by atoms with Gasteiger partial charge in [0.1, 0.15) is 0 Å². The number of aryl methyl sites for hydroxylation is 1. The molecule has 0 spiro atoms. The average molecular weight is 256 g/mol. The lowest BCUT2D eigenvalue weighted by atomic mass is 9.92. The van der Waals surface area contributed by atoms with Crippen molar-refractivity contribution in [3.63, 3.8) is 0 Å². The molecule has 0 unspecified atom stereocenters. The van der Waals surface area contributed by atoms with Crippen molar-refractivity contribution in [3.05, 3.63) is 59.2 Å². The fourth-order valence-corrected chi connectivity index (χ4v) is 2.21. The molecule has 0 radical (unpaired) electrons. The number of methoxy groups -OCH3 is 1. The Labute approximate surface area is 112 Å². The molecular formula is C16H16O3. The number of benzene rings is 2. The number of aliphatic hydroxyl groups excluding tert-OH is 1. The van der Waals surface area contributed by atoms with Crippen LogP contribution in [0.4, 0.5) is 0 Å². The number of hydrogen-bond acceptors (Lipinski definition) is 3. The molecule has 0 fully saturated rings. The van der Waals surface area contributed by atoms with Gasteiger partial charge in [-0.25, -0.2) is 4.79 Å². The Morgan fingerprint density at radius 1 is 1.16 bits per heavy atom. The lowest BCUT2D eigenvalue weighted by Crippen LogP contribution is -2.05. The summed E-state index contributed by atoms with van der Waals surface area (Å²) in [5.41, 5.74) is 3.97. The van der Waals surface area contributed by atoms with E-state index >= 15 is 0 Å². The van der Waals surface area contributed by atoms with Gasteiger partial charge in [-0.2, -0.15) is 0 Å². The third-order valence-electron chi connectivity index (χ3n) is 3.14. The molecular weight excluding hydrogens is 240 g/mol. The maximum Gasteiger partial charge on any atom is 0.338 e. The van der Waals surface area contributed by atoms with Gasteiger partial charge >= 0.3 is 5.97 Å². The second-order valence-electron chi connectivity index (χ2n) is 4.30. The molecule has 0 aliphatic carbocycles. The van der Waals surface area contributed by atoms with Gasteiger partial charge in [-0.3, -0.25) is 0 Å². The minimum atomic E-state index is -0.369. The van der Waals surface area contributed by atoms with Crippen molar-refractivity contribution in [1.29, 1.82) is 0 Å². The second kappa shape index (κ2) is 5.67. The van der Waals surface area contributed by atoms with Crippen LogP contribution in [0.1, 0.15) is 21.5 Å². The molecule has 0 saturated carbocycles. The Kier molecular flexibility index (Phi) is 3.97. The van der Waals surface area contributed by atoms with Crippen LogP contribution in [0.5, 0.6) is 0 Å². The highest BCUT2D eigenvalue weighted by Gasteiger charge is 2.16. The summed E-state index contributed by atoms with van der Waals surface area (Å²) in [7, 11) is 1.37. The van der Waals surface area contributed by atoms with E-state index in [4.69, 9.17) is 4.74 Å². The molecule has 0 amide bonds. The van der Waals surface area contributed by atoms with E-state index in [1.807, 2.05) is 43.3 Å². The summed E-state index contributed by atoms with van der Waals surface area (Å²) in [6, 6.07) is 13.0. The van der Waals surface area contributed by atoms with E-state index in [2.05, 4.69) is 0 Å². The first-order valence-electron chi connectivity index (χ1n) is 6.06. The van der Waals surface area contributed by atoms with E-state index in [0.717, 1.165) is 22.3 Å². The minimum Gasteiger partial charge on any atom is -0.465 e. The van der Waals surface area contributed by atoms with Gasteiger partial charge in [0.2, 0.25) is 0 Å². The Morgan fingerprint density at radius 3 is 2.58 bits per heavy atom. The number of aliphatic hydroxyl groups is 1. The van der Waals surface area contributed by atoms with E-state index in [-0.39, 0.29) is 12.6 Å². The largest absolute Gasteiger partial charge is 0.465 e.